The zero-order valence-electron chi connectivity index (χ0n) is 8.51. The molecule has 13 heavy (non-hydrogen) atoms. The van der Waals surface area contributed by atoms with Gasteiger partial charge in [-0.05, 0) is 25.9 Å². The average molecular weight is 184 g/mol. The third kappa shape index (κ3) is 2.03. The van der Waals surface area contributed by atoms with E-state index in [1.54, 1.807) is 0 Å². The maximum absolute atomic E-state index is 5.93. The standard InChI is InChI=1S/C10H20N2O/c1-2-12-6-3-4-10(9-12)8-11-5-7-13-10/h11H,2-9H2,1H3. The topological polar surface area (TPSA) is 24.5 Å². The van der Waals surface area contributed by atoms with Gasteiger partial charge in [0.1, 0.15) is 0 Å². The number of nitrogens with zero attached hydrogens (tertiary/aromatic N) is 1. The monoisotopic (exact) mass is 184 g/mol. The van der Waals surface area contributed by atoms with Gasteiger partial charge in [0.05, 0.1) is 12.2 Å². The van der Waals surface area contributed by atoms with Gasteiger partial charge in [0.2, 0.25) is 0 Å². The average Bonchev–Trinajstić information content (AvgIpc) is 2.19. The van der Waals surface area contributed by atoms with Crippen LogP contribution in [0.25, 0.3) is 0 Å². The Morgan fingerprint density at radius 3 is 3.15 bits per heavy atom. The lowest BCUT2D eigenvalue weighted by molar-refractivity contribution is -0.104. The Balaban J connectivity index is 1.95. The van der Waals surface area contributed by atoms with E-state index in [4.69, 9.17) is 4.74 Å². The van der Waals surface area contributed by atoms with Crippen LogP contribution in [0.3, 0.4) is 0 Å². The number of ether oxygens (including phenoxy) is 1. The molecule has 2 saturated heterocycles. The number of morpholine rings is 1. The normalized spacial score (nSPS) is 36.7. The maximum Gasteiger partial charge on any atom is 0.0933 e. The zero-order chi connectivity index (χ0) is 9.15. The van der Waals surface area contributed by atoms with Crippen molar-refractivity contribution < 1.29 is 4.74 Å². The van der Waals surface area contributed by atoms with Gasteiger partial charge in [0.15, 0.2) is 0 Å². The van der Waals surface area contributed by atoms with Gasteiger partial charge in [-0.25, -0.2) is 0 Å². The van der Waals surface area contributed by atoms with E-state index in [0.29, 0.717) is 0 Å². The first-order valence-corrected chi connectivity index (χ1v) is 5.42. The fourth-order valence-electron chi connectivity index (χ4n) is 2.43. The summed E-state index contributed by atoms with van der Waals surface area (Å²) in [5.41, 5.74) is 0.145. The summed E-state index contributed by atoms with van der Waals surface area (Å²) in [6, 6.07) is 0. The molecule has 2 aliphatic heterocycles. The van der Waals surface area contributed by atoms with Crippen LogP contribution in [0.2, 0.25) is 0 Å². The van der Waals surface area contributed by atoms with Crippen molar-refractivity contribution in [2.24, 2.45) is 0 Å². The van der Waals surface area contributed by atoms with Crippen LogP contribution >= 0.6 is 0 Å². The summed E-state index contributed by atoms with van der Waals surface area (Å²) >= 11 is 0. The smallest absolute Gasteiger partial charge is 0.0933 e. The fourth-order valence-corrected chi connectivity index (χ4v) is 2.43. The van der Waals surface area contributed by atoms with Crippen molar-refractivity contribution >= 4 is 0 Å². The van der Waals surface area contributed by atoms with E-state index in [-0.39, 0.29) is 5.60 Å². The van der Waals surface area contributed by atoms with Gasteiger partial charge in [-0.3, -0.25) is 0 Å². The minimum Gasteiger partial charge on any atom is -0.371 e. The molecule has 1 spiro atoms. The highest BCUT2D eigenvalue weighted by Gasteiger charge is 2.37. The highest BCUT2D eigenvalue weighted by Crippen LogP contribution is 2.25. The second-order valence-corrected chi connectivity index (χ2v) is 4.18. The van der Waals surface area contributed by atoms with Gasteiger partial charge >= 0.3 is 0 Å². The van der Waals surface area contributed by atoms with Crippen LogP contribution in [0, 0.1) is 0 Å². The second-order valence-electron chi connectivity index (χ2n) is 4.18. The van der Waals surface area contributed by atoms with Crippen molar-refractivity contribution in [2.75, 3.05) is 39.3 Å². The third-order valence-corrected chi connectivity index (χ3v) is 3.20. The molecule has 0 aromatic heterocycles. The number of likely N-dealkylation sites (N-methyl/N-ethyl adjacent to an activating group) is 1. The molecule has 0 aromatic rings. The van der Waals surface area contributed by atoms with E-state index >= 15 is 0 Å². The minimum absolute atomic E-state index is 0.145. The van der Waals surface area contributed by atoms with Gasteiger partial charge in [-0.15, -0.1) is 0 Å². The predicted octanol–water partition coefficient (Wildman–Crippen LogP) is 0.461. The Labute approximate surface area is 80.4 Å². The van der Waals surface area contributed by atoms with Gasteiger partial charge in [0.25, 0.3) is 0 Å². The first-order valence-electron chi connectivity index (χ1n) is 5.42. The number of nitrogens with one attached hydrogen (secondary N) is 1. The third-order valence-electron chi connectivity index (χ3n) is 3.20. The Kier molecular flexibility index (Phi) is 2.86. The molecular weight excluding hydrogens is 164 g/mol. The lowest BCUT2D eigenvalue weighted by Gasteiger charge is -2.44. The molecule has 76 valence electrons. The summed E-state index contributed by atoms with van der Waals surface area (Å²) in [6.07, 6.45) is 2.52. The highest BCUT2D eigenvalue weighted by atomic mass is 16.5. The van der Waals surface area contributed by atoms with E-state index < -0.39 is 0 Å². The predicted molar refractivity (Wildman–Crippen MR) is 52.9 cm³/mol. The summed E-state index contributed by atoms with van der Waals surface area (Å²) in [5.74, 6) is 0. The molecule has 0 saturated carbocycles. The molecule has 0 aliphatic carbocycles. The molecular formula is C10H20N2O. The van der Waals surface area contributed by atoms with Gasteiger partial charge in [0, 0.05) is 19.6 Å². The van der Waals surface area contributed by atoms with Crippen LogP contribution < -0.4 is 5.32 Å². The van der Waals surface area contributed by atoms with Crippen molar-refractivity contribution in [1.29, 1.82) is 0 Å². The summed E-state index contributed by atoms with van der Waals surface area (Å²) in [4.78, 5) is 2.50. The fraction of sp³-hybridized carbons (Fsp3) is 1.00. The van der Waals surface area contributed by atoms with Crippen LogP contribution in [0.4, 0.5) is 0 Å². The van der Waals surface area contributed by atoms with Crippen molar-refractivity contribution in [1.82, 2.24) is 10.2 Å². The zero-order valence-corrected chi connectivity index (χ0v) is 8.51. The Hall–Kier alpha value is -0.120. The van der Waals surface area contributed by atoms with Gasteiger partial charge < -0.3 is 15.0 Å². The molecule has 2 rings (SSSR count). The Morgan fingerprint density at radius 1 is 1.54 bits per heavy atom. The van der Waals surface area contributed by atoms with E-state index in [1.165, 1.54) is 19.4 Å². The van der Waals surface area contributed by atoms with E-state index in [2.05, 4.69) is 17.1 Å². The molecule has 0 amide bonds. The molecule has 3 heteroatoms. The first-order chi connectivity index (χ1) is 6.35. The molecule has 2 aliphatic rings. The number of hydrogen-bond acceptors (Lipinski definition) is 3. The lowest BCUT2D eigenvalue weighted by atomic mass is 9.91. The first kappa shape index (κ1) is 9.44. The Bertz CT molecular complexity index is 161. The molecule has 1 atom stereocenters. The summed E-state index contributed by atoms with van der Waals surface area (Å²) < 4.78 is 5.93. The Morgan fingerprint density at radius 2 is 2.46 bits per heavy atom. The second kappa shape index (κ2) is 3.95. The van der Waals surface area contributed by atoms with E-state index in [1.807, 2.05) is 0 Å². The van der Waals surface area contributed by atoms with Crippen LogP contribution in [0.5, 0.6) is 0 Å². The molecule has 2 fully saturated rings. The van der Waals surface area contributed by atoms with Crippen molar-refractivity contribution in [3.05, 3.63) is 0 Å². The maximum atomic E-state index is 5.93. The van der Waals surface area contributed by atoms with Crippen molar-refractivity contribution in [3.8, 4) is 0 Å². The number of likely N-dealkylation sites (tertiary alicyclic amines) is 1. The van der Waals surface area contributed by atoms with Crippen LogP contribution in [0.1, 0.15) is 19.8 Å². The number of hydrogen-bond donors (Lipinski definition) is 1. The van der Waals surface area contributed by atoms with Crippen molar-refractivity contribution in [2.45, 2.75) is 25.4 Å². The molecule has 0 radical (unpaired) electrons. The molecule has 2 heterocycles. The molecule has 0 bridgehead atoms. The number of piperidine rings is 1. The molecule has 0 aromatic carbocycles. The lowest BCUT2D eigenvalue weighted by Crippen LogP contribution is -2.58. The highest BCUT2D eigenvalue weighted by molar-refractivity contribution is 4.92. The largest absolute Gasteiger partial charge is 0.371 e. The minimum atomic E-state index is 0.145. The van der Waals surface area contributed by atoms with Gasteiger partial charge in [-0.2, -0.15) is 0 Å². The molecule has 3 nitrogen and oxygen atoms in total. The van der Waals surface area contributed by atoms with E-state index in [0.717, 1.165) is 32.8 Å². The molecule has 1 unspecified atom stereocenters. The number of rotatable bonds is 1. The summed E-state index contributed by atoms with van der Waals surface area (Å²) in [5, 5.41) is 3.44. The molecule has 1 N–H and O–H groups in total. The summed E-state index contributed by atoms with van der Waals surface area (Å²) in [6.45, 7) is 8.72. The summed E-state index contributed by atoms with van der Waals surface area (Å²) in [7, 11) is 0. The van der Waals surface area contributed by atoms with Crippen LogP contribution in [0.15, 0.2) is 0 Å². The quantitative estimate of drug-likeness (QED) is 0.641. The SMILES string of the molecule is CCN1CCCC2(CNCCO2)C1. The van der Waals surface area contributed by atoms with Gasteiger partial charge in [-0.1, -0.05) is 6.92 Å². The van der Waals surface area contributed by atoms with Crippen LogP contribution in [-0.2, 0) is 4.74 Å². The van der Waals surface area contributed by atoms with E-state index in [9.17, 15) is 0 Å². The van der Waals surface area contributed by atoms with Crippen molar-refractivity contribution in [3.63, 3.8) is 0 Å². The van der Waals surface area contributed by atoms with Crippen LogP contribution in [-0.4, -0.2) is 49.8 Å².